The molecule has 2 aromatic rings. The summed E-state index contributed by atoms with van der Waals surface area (Å²) in [5, 5.41) is 0. The minimum atomic E-state index is -4.94. The highest BCUT2D eigenvalue weighted by Gasteiger charge is 2.62. The molecule has 9 heteroatoms. The molecule has 1 aromatic heterocycles. The molecule has 38 heavy (non-hydrogen) atoms. The van der Waals surface area contributed by atoms with Crippen LogP contribution in [0.15, 0.2) is 42.6 Å². The first kappa shape index (κ1) is 25.3. The van der Waals surface area contributed by atoms with Crippen LogP contribution in [0.2, 0.25) is 0 Å². The molecule has 202 valence electrons. The van der Waals surface area contributed by atoms with E-state index in [0.717, 1.165) is 27.3 Å². The molecule has 3 fully saturated rings. The number of pyridine rings is 1. The molecule has 1 aliphatic carbocycles. The molecule has 4 aliphatic rings. The van der Waals surface area contributed by atoms with Gasteiger partial charge in [-0.05, 0) is 55.2 Å². The fourth-order valence-corrected chi connectivity index (χ4v) is 7.41. The van der Waals surface area contributed by atoms with Crippen molar-refractivity contribution in [2.75, 3.05) is 13.2 Å². The molecule has 3 aliphatic heterocycles. The smallest absolute Gasteiger partial charge is 0.381 e. The van der Waals surface area contributed by atoms with Crippen LogP contribution in [-0.2, 0) is 27.3 Å². The number of ether oxygens (including phenoxy) is 1. The van der Waals surface area contributed by atoms with Gasteiger partial charge in [0.05, 0.1) is 5.41 Å². The van der Waals surface area contributed by atoms with Crippen molar-refractivity contribution < 1.29 is 27.5 Å². The van der Waals surface area contributed by atoms with E-state index in [1.807, 2.05) is 41.4 Å². The number of halogens is 3. The van der Waals surface area contributed by atoms with E-state index in [0.29, 0.717) is 51.9 Å². The summed E-state index contributed by atoms with van der Waals surface area (Å²) >= 11 is 0. The standard InChI is InChI=1S/C29H32F3N3O3/c1-18-25-14-24-21(13-20(16-33-24)19-5-3-2-4-6-19)17-34(25)26(36)28(18)10-7-23(15-28)35(27(37)29(30,31)32)22-8-11-38-12-9-22/h2-6,13,16,18,22-23,25H,7-12,14-15,17H2,1H3/t18?,23-,25?,28+/m1/s1. The Morgan fingerprint density at radius 3 is 2.55 bits per heavy atom. The molecule has 0 N–H and O–H groups in total. The molecule has 1 spiro atoms. The summed E-state index contributed by atoms with van der Waals surface area (Å²) in [6.07, 6.45) is -0.495. The van der Waals surface area contributed by atoms with Crippen LogP contribution >= 0.6 is 0 Å². The van der Waals surface area contributed by atoms with Gasteiger partial charge in [0.25, 0.3) is 0 Å². The van der Waals surface area contributed by atoms with Crippen LogP contribution in [0.5, 0.6) is 0 Å². The number of alkyl halides is 3. The predicted molar refractivity (Wildman–Crippen MR) is 134 cm³/mol. The molecule has 2 saturated heterocycles. The van der Waals surface area contributed by atoms with E-state index < -0.39 is 29.6 Å². The predicted octanol–water partition coefficient (Wildman–Crippen LogP) is 4.76. The van der Waals surface area contributed by atoms with Gasteiger partial charge in [-0.2, -0.15) is 13.2 Å². The lowest BCUT2D eigenvalue weighted by Crippen LogP contribution is -2.53. The van der Waals surface area contributed by atoms with Crippen molar-refractivity contribution in [1.29, 1.82) is 0 Å². The number of nitrogens with zero attached hydrogens (tertiary/aromatic N) is 3. The summed E-state index contributed by atoms with van der Waals surface area (Å²) in [6, 6.07) is 10.9. The Morgan fingerprint density at radius 2 is 1.84 bits per heavy atom. The number of carbonyl (C=O) groups is 2. The highest BCUT2D eigenvalue weighted by Crippen LogP contribution is 2.56. The summed E-state index contributed by atoms with van der Waals surface area (Å²) in [5.41, 5.74) is 3.30. The van der Waals surface area contributed by atoms with Crippen LogP contribution in [0.25, 0.3) is 11.1 Å². The number of hydrogen-bond donors (Lipinski definition) is 0. The van der Waals surface area contributed by atoms with Crippen LogP contribution in [0, 0.1) is 11.3 Å². The normalized spacial score (nSPS) is 29.4. The SMILES string of the molecule is CC1C2Cc3ncc(-c4ccccc4)cc3CN2C(=O)[C@]12CC[C@@H](N(C(=O)C(F)(F)F)C1CCOCC1)C2. The quantitative estimate of drug-likeness (QED) is 0.578. The second kappa shape index (κ2) is 9.36. The average molecular weight is 528 g/mol. The maximum atomic E-state index is 14.0. The zero-order valence-corrected chi connectivity index (χ0v) is 21.4. The van der Waals surface area contributed by atoms with Crippen LogP contribution in [0.1, 0.15) is 50.3 Å². The van der Waals surface area contributed by atoms with Crippen molar-refractivity contribution in [2.45, 2.75) is 76.3 Å². The minimum Gasteiger partial charge on any atom is -0.381 e. The molecule has 6 nitrogen and oxygen atoms in total. The Morgan fingerprint density at radius 1 is 1.11 bits per heavy atom. The van der Waals surface area contributed by atoms with Gasteiger partial charge < -0.3 is 14.5 Å². The van der Waals surface area contributed by atoms with Gasteiger partial charge in [-0.15, -0.1) is 0 Å². The number of carbonyl (C=O) groups excluding carboxylic acids is 2. The van der Waals surface area contributed by atoms with Gasteiger partial charge in [-0.1, -0.05) is 37.3 Å². The lowest BCUT2D eigenvalue weighted by atomic mass is 9.73. The second-order valence-electron chi connectivity index (χ2n) is 11.3. The number of hydrogen-bond acceptors (Lipinski definition) is 4. The Kier molecular flexibility index (Phi) is 6.24. The van der Waals surface area contributed by atoms with E-state index in [4.69, 9.17) is 9.72 Å². The molecule has 0 radical (unpaired) electrons. The van der Waals surface area contributed by atoms with Gasteiger partial charge in [0.1, 0.15) is 0 Å². The lowest BCUT2D eigenvalue weighted by Gasteiger charge is -2.39. The van der Waals surface area contributed by atoms with Gasteiger partial charge in [0.2, 0.25) is 5.91 Å². The molecule has 1 saturated carbocycles. The number of benzene rings is 1. The van der Waals surface area contributed by atoms with Gasteiger partial charge in [0.15, 0.2) is 0 Å². The zero-order chi connectivity index (χ0) is 26.7. The van der Waals surface area contributed by atoms with Crippen molar-refractivity contribution in [3.63, 3.8) is 0 Å². The Hall–Kier alpha value is -2.94. The van der Waals surface area contributed by atoms with Crippen LogP contribution in [0.4, 0.5) is 13.2 Å². The molecular weight excluding hydrogens is 495 g/mol. The van der Waals surface area contributed by atoms with E-state index in [9.17, 15) is 22.8 Å². The van der Waals surface area contributed by atoms with Crippen molar-refractivity contribution in [3.8, 4) is 11.1 Å². The molecule has 4 heterocycles. The van der Waals surface area contributed by atoms with Gasteiger partial charge in [0, 0.05) is 61.8 Å². The molecule has 0 bridgehead atoms. The number of amides is 2. The maximum absolute atomic E-state index is 14.0. The summed E-state index contributed by atoms with van der Waals surface area (Å²) in [5.74, 6) is -1.81. The van der Waals surface area contributed by atoms with Crippen molar-refractivity contribution >= 4 is 11.8 Å². The van der Waals surface area contributed by atoms with Crippen molar-refractivity contribution in [3.05, 3.63) is 53.9 Å². The van der Waals surface area contributed by atoms with Crippen LogP contribution in [0.3, 0.4) is 0 Å². The monoisotopic (exact) mass is 527 g/mol. The number of rotatable bonds is 3. The summed E-state index contributed by atoms with van der Waals surface area (Å²) in [7, 11) is 0. The zero-order valence-electron chi connectivity index (χ0n) is 21.4. The second-order valence-corrected chi connectivity index (χ2v) is 11.3. The highest BCUT2D eigenvalue weighted by atomic mass is 19.4. The third-order valence-electron chi connectivity index (χ3n) is 9.42. The lowest BCUT2D eigenvalue weighted by molar-refractivity contribution is -0.192. The van der Waals surface area contributed by atoms with Gasteiger partial charge >= 0.3 is 12.1 Å². The number of aromatic nitrogens is 1. The first-order valence-corrected chi connectivity index (χ1v) is 13.5. The van der Waals surface area contributed by atoms with E-state index in [2.05, 4.69) is 13.0 Å². The Labute approximate surface area is 220 Å². The van der Waals surface area contributed by atoms with Crippen molar-refractivity contribution in [1.82, 2.24) is 14.8 Å². The Bertz CT molecular complexity index is 1230. The minimum absolute atomic E-state index is 0.0136. The highest BCUT2D eigenvalue weighted by molar-refractivity contribution is 5.87. The van der Waals surface area contributed by atoms with Crippen LogP contribution < -0.4 is 0 Å². The van der Waals surface area contributed by atoms with Crippen LogP contribution in [-0.4, -0.2) is 64.1 Å². The molecule has 6 rings (SSSR count). The molecule has 1 aromatic carbocycles. The number of fused-ring (bicyclic) bond motifs is 2. The maximum Gasteiger partial charge on any atom is 0.471 e. The third-order valence-corrected chi connectivity index (χ3v) is 9.42. The van der Waals surface area contributed by atoms with E-state index in [1.54, 1.807) is 0 Å². The van der Waals surface area contributed by atoms with Gasteiger partial charge in [-0.3, -0.25) is 14.6 Å². The van der Waals surface area contributed by atoms with Crippen molar-refractivity contribution in [2.24, 2.45) is 11.3 Å². The molecule has 2 amide bonds. The molecular formula is C29H32F3N3O3. The van der Waals surface area contributed by atoms with E-state index in [-0.39, 0.29) is 24.3 Å². The fourth-order valence-electron chi connectivity index (χ4n) is 7.41. The first-order valence-electron chi connectivity index (χ1n) is 13.5. The summed E-state index contributed by atoms with van der Waals surface area (Å²) in [4.78, 5) is 34.4. The average Bonchev–Trinajstić information content (AvgIpc) is 3.45. The summed E-state index contributed by atoms with van der Waals surface area (Å²) < 4.78 is 46.4. The van der Waals surface area contributed by atoms with E-state index >= 15 is 0 Å². The molecule has 4 atom stereocenters. The first-order chi connectivity index (χ1) is 18.2. The largest absolute Gasteiger partial charge is 0.471 e. The Balaban J connectivity index is 1.26. The fraction of sp³-hybridized carbons (Fsp3) is 0.552. The summed E-state index contributed by atoms with van der Waals surface area (Å²) in [6.45, 7) is 3.18. The topological polar surface area (TPSA) is 62.7 Å². The third kappa shape index (κ3) is 4.10. The van der Waals surface area contributed by atoms with E-state index in [1.165, 1.54) is 0 Å². The molecule has 2 unspecified atom stereocenters. The van der Waals surface area contributed by atoms with Gasteiger partial charge in [-0.25, -0.2) is 0 Å².